The molecule has 1 amide bonds. The Bertz CT molecular complexity index is 1090. The molecule has 9 heteroatoms. The van der Waals surface area contributed by atoms with E-state index in [1.807, 2.05) is 42.5 Å². The van der Waals surface area contributed by atoms with Gasteiger partial charge in [-0.2, -0.15) is 0 Å². The molecule has 1 heterocycles. The monoisotopic (exact) mass is 472 g/mol. The van der Waals surface area contributed by atoms with E-state index in [0.717, 1.165) is 35.1 Å². The average Bonchev–Trinajstić information content (AvgIpc) is 3.56. The predicted molar refractivity (Wildman–Crippen MR) is 124 cm³/mol. The largest absolute Gasteiger partial charge is 0.497 e. The van der Waals surface area contributed by atoms with E-state index >= 15 is 0 Å². The molecule has 32 heavy (non-hydrogen) atoms. The first kappa shape index (κ1) is 22.5. The minimum Gasteiger partial charge on any atom is -0.497 e. The molecule has 0 aliphatic heterocycles. The standard InChI is InChI=1S/C23H25ClN4O3S/c1-27(13-16-6-5-7-18(12-16)30-2)22(29)15-32-23-26-25-21(28(23)17-10-11-17)14-31-20-9-4-3-8-19(20)24/h3-9,12,17H,10-11,13-15H2,1-2H3. The smallest absolute Gasteiger partial charge is 0.233 e. The van der Waals surface area contributed by atoms with Crippen molar-refractivity contribution in [1.29, 1.82) is 0 Å². The number of carbonyl (C=O) groups is 1. The van der Waals surface area contributed by atoms with Gasteiger partial charge >= 0.3 is 0 Å². The maximum absolute atomic E-state index is 12.7. The van der Waals surface area contributed by atoms with Crippen LogP contribution in [-0.2, 0) is 17.9 Å². The third-order valence-electron chi connectivity index (χ3n) is 5.14. The summed E-state index contributed by atoms with van der Waals surface area (Å²) in [6.07, 6.45) is 2.16. The van der Waals surface area contributed by atoms with Crippen LogP contribution in [-0.4, -0.2) is 45.5 Å². The summed E-state index contributed by atoms with van der Waals surface area (Å²) in [5.41, 5.74) is 1.02. The first-order valence-electron chi connectivity index (χ1n) is 10.4. The fourth-order valence-corrected chi connectivity index (χ4v) is 4.43. The number of thioether (sulfide) groups is 1. The number of ether oxygens (including phenoxy) is 2. The van der Waals surface area contributed by atoms with Crippen molar-refractivity contribution >= 4 is 29.3 Å². The maximum Gasteiger partial charge on any atom is 0.233 e. The fourth-order valence-electron chi connectivity index (χ4n) is 3.28. The lowest BCUT2D eigenvalue weighted by Gasteiger charge is -2.17. The quantitative estimate of drug-likeness (QED) is 0.401. The van der Waals surface area contributed by atoms with Crippen LogP contribution in [0.25, 0.3) is 0 Å². The topological polar surface area (TPSA) is 69.5 Å². The average molecular weight is 473 g/mol. The van der Waals surface area contributed by atoms with E-state index in [2.05, 4.69) is 14.8 Å². The van der Waals surface area contributed by atoms with Crippen molar-refractivity contribution < 1.29 is 14.3 Å². The zero-order valence-corrected chi connectivity index (χ0v) is 19.6. The third kappa shape index (κ3) is 5.55. The molecule has 4 rings (SSSR count). The Labute approximate surface area is 196 Å². The highest BCUT2D eigenvalue weighted by atomic mass is 35.5. The molecule has 2 aromatic carbocycles. The van der Waals surface area contributed by atoms with E-state index in [-0.39, 0.29) is 18.3 Å². The number of para-hydroxylation sites is 1. The molecule has 1 aliphatic carbocycles. The molecule has 3 aromatic rings. The van der Waals surface area contributed by atoms with Gasteiger partial charge in [-0.05, 0) is 42.7 Å². The van der Waals surface area contributed by atoms with Crippen LogP contribution < -0.4 is 9.47 Å². The fraction of sp³-hybridized carbons (Fsp3) is 0.348. The lowest BCUT2D eigenvalue weighted by molar-refractivity contribution is -0.127. The highest BCUT2D eigenvalue weighted by Crippen LogP contribution is 2.39. The van der Waals surface area contributed by atoms with E-state index in [0.29, 0.717) is 23.4 Å². The van der Waals surface area contributed by atoms with Gasteiger partial charge < -0.3 is 14.4 Å². The Morgan fingerprint density at radius 2 is 2.03 bits per heavy atom. The Kier molecular flexibility index (Phi) is 7.22. The van der Waals surface area contributed by atoms with Crippen molar-refractivity contribution in [1.82, 2.24) is 19.7 Å². The van der Waals surface area contributed by atoms with E-state index < -0.39 is 0 Å². The normalized spacial score (nSPS) is 13.1. The van der Waals surface area contributed by atoms with Crippen LogP contribution in [0.4, 0.5) is 0 Å². The molecule has 0 atom stereocenters. The van der Waals surface area contributed by atoms with Crippen LogP contribution in [0.1, 0.15) is 30.3 Å². The van der Waals surface area contributed by atoms with Gasteiger partial charge in [-0.15, -0.1) is 10.2 Å². The minimum atomic E-state index is 0.0250. The number of aromatic nitrogens is 3. The van der Waals surface area contributed by atoms with Gasteiger partial charge in [0.05, 0.1) is 17.9 Å². The number of amides is 1. The lowest BCUT2D eigenvalue weighted by Crippen LogP contribution is -2.28. The van der Waals surface area contributed by atoms with Crippen LogP contribution in [0.2, 0.25) is 5.02 Å². The number of methoxy groups -OCH3 is 1. The lowest BCUT2D eigenvalue weighted by atomic mass is 10.2. The highest BCUT2D eigenvalue weighted by Gasteiger charge is 2.30. The first-order chi connectivity index (χ1) is 15.5. The van der Waals surface area contributed by atoms with Crippen LogP contribution in [0, 0.1) is 0 Å². The zero-order valence-electron chi connectivity index (χ0n) is 18.0. The number of halogens is 1. The summed E-state index contributed by atoms with van der Waals surface area (Å²) in [6.45, 7) is 0.792. The molecule has 0 spiro atoms. The third-order valence-corrected chi connectivity index (χ3v) is 6.39. The molecular formula is C23H25ClN4O3S. The van der Waals surface area contributed by atoms with E-state index in [1.54, 1.807) is 25.1 Å². The maximum atomic E-state index is 12.7. The van der Waals surface area contributed by atoms with Crippen LogP contribution in [0.5, 0.6) is 11.5 Å². The van der Waals surface area contributed by atoms with Gasteiger partial charge in [0.25, 0.3) is 0 Å². The number of rotatable bonds is 10. The van der Waals surface area contributed by atoms with Gasteiger partial charge in [-0.25, -0.2) is 0 Å². The minimum absolute atomic E-state index is 0.0250. The van der Waals surface area contributed by atoms with Gasteiger partial charge in [0.2, 0.25) is 5.91 Å². The first-order valence-corrected chi connectivity index (χ1v) is 11.7. The van der Waals surface area contributed by atoms with Crippen molar-refractivity contribution in [2.45, 2.75) is 37.2 Å². The van der Waals surface area contributed by atoms with Crippen molar-refractivity contribution in [3.8, 4) is 11.5 Å². The van der Waals surface area contributed by atoms with E-state index in [1.165, 1.54) is 11.8 Å². The molecule has 1 fully saturated rings. The molecule has 0 saturated heterocycles. The van der Waals surface area contributed by atoms with Crippen molar-refractivity contribution in [2.75, 3.05) is 19.9 Å². The Morgan fingerprint density at radius 1 is 1.22 bits per heavy atom. The molecule has 1 aromatic heterocycles. The molecule has 0 N–H and O–H groups in total. The van der Waals surface area contributed by atoms with E-state index in [9.17, 15) is 4.79 Å². The number of nitrogens with zero attached hydrogens (tertiary/aromatic N) is 4. The summed E-state index contributed by atoms with van der Waals surface area (Å²) >= 11 is 7.59. The summed E-state index contributed by atoms with van der Waals surface area (Å²) < 4.78 is 13.2. The molecule has 0 radical (unpaired) electrons. The summed E-state index contributed by atoms with van der Waals surface area (Å²) in [5, 5.41) is 9.95. The second-order valence-electron chi connectivity index (χ2n) is 7.61. The highest BCUT2D eigenvalue weighted by molar-refractivity contribution is 7.99. The zero-order chi connectivity index (χ0) is 22.5. The summed E-state index contributed by atoms with van der Waals surface area (Å²) in [5.74, 6) is 2.45. The summed E-state index contributed by atoms with van der Waals surface area (Å²) in [4.78, 5) is 14.4. The van der Waals surface area contributed by atoms with Crippen LogP contribution in [0.15, 0.2) is 53.7 Å². The molecule has 1 saturated carbocycles. The molecule has 7 nitrogen and oxygen atoms in total. The van der Waals surface area contributed by atoms with Crippen molar-refractivity contribution in [2.24, 2.45) is 0 Å². The van der Waals surface area contributed by atoms with Gasteiger partial charge in [0.15, 0.2) is 11.0 Å². The molecule has 0 unspecified atom stereocenters. The second-order valence-corrected chi connectivity index (χ2v) is 8.96. The number of hydrogen-bond acceptors (Lipinski definition) is 6. The Balaban J connectivity index is 1.36. The number of carbonyl (C=O) groups excluding carboxylic acids is 1. The molecule has 168 valence electrons. The van der Waals surface area contributed by atoms with Crippen LogP contribution >= 0.6 is 23.4 Å². The van der Waals surface area contributed by atoms with Gasteiger partial charge in [-0.1, -0.05) is 47.6 Å². The van der Waals surface area contributed by atoms with Gasteiger partial charge in [-0.3, -0.25) is 9.36 Å². The summed E-state index contributed by atoms with van der Waals surface area (Å²) in [6, 6.07) is 15.4. The molecular weight excluding hydrogens is 448 g/mol. The number of hydrogen-bond donors (Lipinski definition) is 0. The molecule has 0 bridgehead atoms. The van der Waals surface area contributed by atoms with E-state index in [4.69, 9.17) is 21.1 Å². The van der Waals surface area contributed by atoms with Crippen LogP contribution in [0.3, 0.4) is 0 Å². The second kappa shape index (κ2) is 10.3. The number of benzene rings is 2. The predicted octanol–water partition coefficient (Wildman–Crippen LogP) is 4.60. The van der Waals surface area contributed by atoms with Crippen molar-refractivity contribution in [3.63, 3.8) is 0 Å². The van der Waals surface area contributed by atoms with Crippen molar-refractivity contribution in [3.05, 3.63) is 64.9 Å². The Morgan fingerprint density at radius 3 is 2.78 bits per heavy atom. The Hall–Kier alpha value is -2.71. The van der Waals surface area contributed by atoms with Gasteiger partial charge in [0, 0.05) is 19.6 Å². The molecule has 1 aliphatic rings. The SMILES string of the molecule is COc1cccc(CN(C)C(=O)CSc2nnc(COc3ccccc3Cl)n2C2CC2)c1. The van der Waals surface area contributed by atoms with Gasteiger partial charge in [0.1, 0.15) is 18.1 Å². The summed E-state index contributed by atoms with van der Waals surface area (Å²) in [7, 11) is 3.44.